The highest BCUT2D eigenvalue weighted by atomic mass is 32.1. The molecule has 1 aromatic carbocycles. The van der Waals surface area contributed by atoms with Gasteiger partial charge in [0.1, 0.15) is 10.8 Å². The highest BCUT2D eigenvalue weighted by molar-refractivity contribution is 7.18. The molecule has 0 fully saturated rings. The van der Waals surface area contributed by atoms with Crippen LogP contribution in [0.3, 0.4) is 0 Å². The molecule has 2 N–H and O–H groups in total. The van der Waals surface area contributed by atoms with E-state index in [4.69, 9.17) is 9.47 Å². The number of benzene rings is 1. The van der Waals surface area contributed by atoms with Gasteiger partial charge in [0, 0.05) is 11.6 Å². The van der Waals surface area contributed by atoms with Crippen molar-refractivity contribution < 1.29 is 23.9 Å². The van der Waals surface area contributed by atoms with Crippen molar-refractivity contribution in [1.82, 2.24) is 5.32 Å². The highest BCUT2D eigenvalue weighted by Crippen LogP contribution is 2.34. The first-order valence-electron chi connectivity index (χ1n) is 8.85. The van der Waals surface area contributed by atoms with E-state index in [-0.39, 0.29) is 29.1 Å². The second kappa shape index (κ2) is 9.36. The summed E-state index contributed by atoms with van der Waals surface area (Å²) in [7, 11) is 1.54. The lowest BCUT2D eigenvalue weighted by atomic mass is 10.1. The molecule has 0 aliphatic heterocycles. The molecule has 8 heteroatoms. The molecule has 0 radical (unpaired) electrons. The second-order valence-electron chi connectivity index (χ2n) is 6.29. The zero-order valence-corrected chi connectivity index (χ0v) is 17.4. The largest absolute Gasteiger partial charge is 0.497 e. The van der Waals surface area contributed by atoms with Gasteiger partial charge in [-0.2, -0.15) is 0 Å². The molecule has 0 bridgehead atoms. The summed E-state index contributed by atoms with van der Waals surface area (Å²) < 4.78 is 10.2. The van der Waals surface area contributed by atoms with E-state index in [9.17, 15) is 14.4 Å². The Morgan fingerprint density at radius 3 is 2.29 bits per heavy atom. The first-order chi connectivity index (χ1) is 13.3. The number of thiophene rings is 1. The SMILES string of the molecule is CCOC(=O)c1c(NC(=O)c2ccc(OC)cc2)sc(C(=O)NC(C)C)c1C. The van der Waals surface area contributed by atoms with Gasteiger partial charge in [-0.25, -0.2) is 4.79 Å². The summed E-state index contributed by atoms with van der Waals surface area (Å²) in [6.45, 7) is 7.25. The Morgan fingerprint density at radius 1 is 1.11 bits per heavy atom. The molecule has 28 heavy (non-hydrogen) atoms. The smallest absolute Gasteiger partial charge is 0.341 e. The fourth-order valence-corrected chi connectivity index (χ4v) is 3.61. The van der Waals surface area contributed by atoms with Gasteiger partial charge in [-0.05, 0) is 57.5 Å². The van der Waals surface area contributed by atoms with E-state index in [0.717, 1.165) is 11.3 Å². The zero-order chi connectivity index (χ0) is 20.8. The Kier molecular flexibility index (Phi) is 7.17. The van der Waals surface area contributed by atoms with E-state index < -0.39 is 11.9 Å². The van der Waals surface area contributed by atoms with Crippen molar-refractivity contribution in [2.24, 2.45) is 0 Å². The molecular weight excluding hydrogens is 380 g/mol. The summed E-state index contributed by atoms with van der Waals surface area (Å²) in [5, 5.41) is 5.82. The van der Waals surface area contributed by atoms with Crippen LogP contribution in [0.2, 0.25) is 0 Å². The molecular formula is C20H24N2O5S. The molecule has 7 nitrogen and oxygen atoms in total. The maximum atomic E-state index is 12.6. The molecule has 2 rings (SSSR count). The number of hydrogen-bond donors (Lipinski definition) is 2. The summed E-state index contributed by atoms with van der Waals surface area (Å²) in [4.78, 5) is 37.9. The Morgan fingerprint density at radius 2 is 1.75 bits per heavy atom. The first kappa shape index (κ1) is 21.4. The summed E-state index contributed by atoms with van der Waals surface area (Å²) in [5.74, 6) is -0.647. The lowest BCUT2D eigenvalue weighted by Crippen LogP contribution is -2.29. The van der Waals surface area contributed by atoms with E-state index in [2.05, 4.69) is 10.6 Å². The molecule has 1 heterocycles. The number of ether oxygens (including phenoxy) is 2. The summed E-state index contributed by atoms with van der Waals surface area (Å²) >= 11 is 1.05. The van der Waals surface area contributed by atoms with Gasteiger partial charge < -0.3 is 20.1 Å². The number of methoxy groups -OCH3 is 1. The summed E-state index contributed by atoms with van der Waals surface area (Å²) in [6, 6.07) is 6.51. The molecule has 0 unspecified atom stereocenters. The third-order valence-corrected chi connectivity index (χ3v) is 5.04. The third kappa shape index (κ3) is 4.89. The highest BCUT2D eigenvalue weighted by Gasteiger charge is 2.27. The predicted octanol–water partition coefficient (Wildman–Crippen LogP) is 3.63. The molecule has 150 valence electrons. The lowest BCUT2D eigenvalue weighted by Gasteiger charge is -2.08. The Balaban J connectivity index is 2.38. The Labute approximate surface area is 168 Å². The average molecular weight is 404 g/mol. The van der Waals surface area contributed by atoms with Crippen LogP contribution in [0.1, 0.15) is 56.7 Å². The molecule has 2 amide bonds. The van der Waals surface area contributed by atoms with Crippen LogP contribution in [-0.4, -0.2) is 37.5 Å². The van der Waals surface area contributed by atoms with E-state index in [1.807, 2.05) is 13.8 Å². The van der Waals surface area contributed by atoms with Crippen molar-refractivity contribution in [3.63, 3.8) is 0 Å². The van der Waals surface area contributed by atoms with Gasteiger partial charge in [-0.15, -0.1) is 11.3 Å². The van der Waals surface area contributed by atoms with Gasteiger partial charge in [0.15, 0.2) is 0 Å². The minimum Gasteiger partial charge on any atom is -0.497 e. The van der Waals surface area contributed by atoms with Gasteiger partial charge in [0.25, 0.3) is 11.8 Å². The average Bonchev–Trinajstić information content (AvgIpc) is 2.97. The van der Waals surface area contributed by atoms with Crippen LogP contribution in [0.5, 0.6) is 5.75 Å². The van der Waals surface area contributed by atoms with E-state index in [1.165, 1.54) is 0 Å². The van der Waals surface area contributed by atoms with Gasteiger partial charge in [0.05, 0.1) is 24.2 Å². The van der Waals surface area contributed by atoms with E-state index >= 15 is 0 Å². The molecule has 0 atom stereocenters. The second-order valence-corrected chi connectivity index (χ2v) is 7.31. The quantitative estimate of drug-likeness (QED) is 0.687. The van der Waals surface area contributed by atoms with E-state index in [1.54, 1.807) is 45.2 Å². The maximum Gasteiger partial charge on any atom is 0.341 e. The fourth-order valence-electron chi connectivity index (χ4n) is 2.51. The monoisotopic (exact) mass is 404 g/mol. The van der Waals surface area contributed by atoms with Crippen molar-refractivity contribution >= 4 is 34.1 Å². The predicted molar refractivity (Wildman–Crippen MR) is 109 cm³/mol. The van der Waals surface area contributed by atoms with E-state index in [0.29, 0.717) is 21.8 Å². The van der Waals surface area contributed by atoms with Gasteiger partial charge in [-0.1, -0.05) is 0 Å². The Hall–Kier alpha value is -2.87. The molecule has 0 aliphatic rings. The number of carbonyl (C=O) groups is 3. The normalized spacial score (nSPS) is 10.5. The van der Waals surface area contributed by atoms with Crippen molar-refractivity contribution in [2.45, 2.75) is 33.7 Å². The maximum absolute atomic E-state index is 12.6. The van der Waals surface area contributed by atoms with Crippen LogP contribution >= 0.6 is 11.3 Å². The number of hydrogen-bond acceptors (Lipinski definition) is 6. The van der Waals surface area contributed by atoms with Crippen LogP contribution in [0.4, 0.5) is 5.00 Å². The standard InChI is InChI=1S/C20H24N2O5S/c1-6-27-20(25)15-12(4)16(18(24)21-11(2)3)28-19(15)22-17(23)13-7-9-14(26-5)10-8-13/h7-11H,6H2,1-5H3,(H,21,24)(H,22,23). The van der Waals surface area contributed by atoms with Crippen LogP contribution in [0, 0.1) is 6.92 Å². The zero-order valence-electron chi connectivity index (χ0n) is 16.5. The Bertz CT molecular complexity index is 871. The number of rotatable bonds is 7. The molecule has 0 saturated carbocycles. The third-order valence-electron chi connectivity index (χ3n) is 3.83. The number of nitrogens with one attached hydrogen (secondary N) is 2. The number of carbonyl (C=O) groups excluding carboxylic acids is 3. The number of amides is 2. The van der Waals surface area contributed by atoms with Crippen LogP contribution < -0.4 is 15.4 Å². The fraction of sp³-hybridized carbons (Fsp3) is 0.350. The lowest BCUT2D eigenvalue weighted by molar-refractivity contribution is 0.0527. The summed E-state index contributed by atoms with van der Waals surface area (Å²) in [5.41, 5.74) is 1.07. The molecule has 0 spiro atoms. The van der Waals surface area contributed by atoms with Crippen molar-refractivity contribution in [2.75, 3.05) is 19.0 Å². The van der Waals surface area contributed by atoms with Crippen LogP contribution in [-0.2, 0) is 4.74 Å². The molecule has 0 saturated heterocycles. The number of esters is 1. The molecule has 2 aromatic rings. The van der Waals surface area contributed by atoms with Crippen molar-refractivity contribution in [3.05, 3.63) is 45.8 Å². The molecule has 0 aliphatic carbocycles. The minimum atomic E-state index is -0.579. The first-order valence-corrected chi connectivity index (χ1v) is 9.66. The van der Waals surface area contributed by atoms with Gasteiger partial charge in [0.2, 0.25) is 0 Å². The van der Waals surface area contributed by atoms with Crippen molar-refractivity contribution in [3.8, 4) is 5.75 Å². The molecule has 1 aromatic heterocycles. The van der Waals surface area contributed by atoms with Crippen LogP contribution in [0.15, 0.2) is 24.3 Å². The van der Waals surface area contributed by atoms with Crippen LogP contribution in [0.25, 0.3) is 0 Å². The number of anilines is 1. The van der Waals surface area contributed by atoms with Gasteiger partial charge in [-0.3, -0.25) is 9.59 Å². The topological polar surface area (TPSA) is 93.7 Å². The van der Waals surface area contributed by atoms with Gasteiger partial charge >= 0.3 is 5.97 Å². The minimum absolute atomic E-state index is 0.0580. The van der Waals surface area contributed by atoms with Crippen molar-refractivity contribution in [1.29, 1.82) is 0 Å². The summed E-state index contributed by atoms with van der Waals surface area (Å²) in [6.07, 6.45) is 0.